The van der Waals surface area contributed by atoms with E-state index in [0.29, 0.717) is 17.2 Å². The molecule has 2 nitrogen and oxygen atoms in total. The van der Waals surface area contributed by atoms with Crippen molar-refractivity contribution in [3.63, 3.8) is 0 Å². The zero-order chi connectivity index (χ0) is 18.0. The predicted octanol–water partition coefficient (Wildman–Crippen LogP) is 5.68. The summed E-state index contributed by atoms with van der Waals surface area (Å²) in [5.41, 5.74) is 3.66. The molecule has 134 valence electrons. The van der Waals surface area contributed by atoms with E-state index < -0.39 is 0 Å². The lowest BCUT2D eigenvalue weighted by atomic mass is 9.65. The summed E-state index contributed by atoms with van der Waals surface area (Å²) in [6.07, 6.45) is 4.70. The smallest absolute Gasteiger partial charge is 0.131 e. The third kappa shape index (κ3) is 3.57. The minimum Gasteiger partial charge on any atom is -0.497 e. The van der Waals surface area contributed by atoms with Crippen LogP contribution >= 0.6 is 0 Å². The van der Waals surface area contributed by atoms with Gasteiger partial charge in [-0.1, -0.05) is 44.9 Å². The third-order valence-corrected chi connectivity index (χ3v) is 5.64. The van der Waals surface area contributed by atoms with Crippen LogP contribution in [0.5, 0.6) is 5.75 Å². The lowest BCUT2D eigenvalue weighted by Crippen LogP contribution is -2.26. The van der Waals surface area contributed by atoms with Crippen molar-refractivity contribution in [1.29, 1.82) is 0 Å². The number of aliphatic hydroxyl groups excluding tert-OH is 1. The molecule has 0 spiro atoms. The Bertz CT molecular complexity index is 752. The van der Waals surface area contributed by atoms with Gasteiger partial charge in [0.05, 0.1) is 13.7 Å². The normalized spacial score (nSPS) is 19.6. The van der Waals surface area contributed by atoms with E-state index >= 15 is 0 Å². The molecule has 3 rings (SSSR count). The van der Waals surface area contributed by atoms with Gasteiger partial charge in [-0.15, -0.1) is 0 Å². The molecule has 0 aromatic heterocycles. The summed E-state index contributed by atoms with van der Waals surface area (Å²) in [5, 5.41) is 9.59. The third-order valence-electron chi connectivity index (χ3n) is 5.64. The van der Waals surface area contributed by atoms with Crippen LogP contribution in [0, 0.1) is 11.2 Å². The number of hydrogen-bond donors (Lipinski definition) is 1. The van der Waals surface area contributed by atoms with Crippen LogP contribution in [-0.4, -0.2) is 12.2 Å². The van der Waals surface area contributed by atoms with Gasteiger partial charge >= 0.3 is 0 Å². The van der Waals surface area contributed by atoms with Gasteiger partial charge in [0.15, 0.2) is 0 Å². The number of ether oxygens (including phenoxy) is 1. The van der Waals surface area contributed by atoms with Crippen LogP contribution < -0.4 is 4.74 Å². The van der Waals surface area contributed by atoms with Crippen molar-refractivity contribution < 1.29 is 14.2 Å². The Morgan fingerprint density at radius 2 is 1.92 bits per heavy atom. The van der Waals surface area contributed by atoms with Crippen LogP contribution in [0.15, 0.2) is 36.4 Å². The Kier molecular flexibility index (Phi) is 5.14. The fraction of sp³-hybridized carbons (Fsp3) is 0.455. The molecular weight excluding hydrogens is 315 g/mol. The van der Waals surface area contributed by atoms with Crippen LogP contribution in [-0.2, 0) is 6.61 Å². The maximum absolute atomic E-state index is 14.6. The van der Waals surface area contributed by atoms with E-state index in [1.165, 1.54) is 25.3 Å². The number of halogens is 1. The molecule has 1 N–H and O–H groups in total. The maximum Gasteiger partial charge on any atom is 0.131 e. The largest absolute Gasteiger partial charge is 0.497 e. The number of hydrogen-bond acceptors (Lipinski definition) is 2. The van der Waals surface area contributed by atoms with Crippen molar-refractivity contribution in [2.45, 2.75) is 52.1 Å². The van der Waals surface area contributed by atoms with Crippen LogP contribution in [0.1, 0.15) is 56.6 Å². The van der Waals surface area contributed by atoms with Crippen LogP contribution in [0.3, 0.4) is 0 Å². The summed E-state index contributed by atoms with van der Waals surface area (Å²) in [7, 11) is 1.59. The first-order valence-electron chi connectivity index (χ1n) is 9.04. The highest BCUT2D eigenvalue weighted by Crippen LogP contribution is 2.49. The molecule has 1 fully saturated rings. The van der Waals surface area contributed by atoms with Crippen molar-refractivity contribution in [2.24, 2.45) is 5.41 Å². The first kappa shape index (κ1) is 17.9. The molecule has 1 aliphatic rings. The highest BCUT2D eigenvalue weighted by Gasteiger charge is 2.35. The molecule has 1 atom stereocenters. The first-order chi connectivity index (χ1) is 12.0. The summed E-state index contributed by atoms with van der Waals surface area (Å²) in [5.74, 6) is 0.761. The quantitative estimate of drug-likeness (QED) is 0.775. The number of methoxy groups -OCH3 is 1. The molecule has 0 radical (unpaired) electrons. The van der Waals surface area contributed by atoms with Crippen molar-refractivity contribution in [3.8, 4) is 16.9 Å². The van der Waals surface area contributed by atoms with Gasteiger partial charge in [-0.2, -0.15) is 0 Å². The highest BCUT2D eigenvalue weighted by molar-refractivity contribution is 5.71. The maximum atomic E-state index is 14.6. The van der Waals surface area contributed by atoms with Gasteiger partial charge in [0, 0.05) is 5.56 Å². The molecule has 0 bridgehead atoms. The Balaban J connectivity index is 2.17. The molecule has 1 unspecified atom stereocenters. The summed E-state index contributed by atoms with van der Waals surface area (Å²) in [4.78, 5) is 0. The van der Waals surface area contributed by atoms with Crippen LogP contribution in [0.25, 0.3) is 11.1 Å². The highest BCUT2D eigenvalue weighted by atomic mass is 19.1. The monoisotopic (exact) mass is 342 g/mol. The lowest BCUT2D eigenvalue weighted by molar-refractivity contribution is 0.199. The number of benzene rings is 2. The molecule has 1 aliphatic carbocycles. The van der Waals surface area contributed by atoms with E-state index in [4.69, 9.17) is 4.74 Å². The minimum absolute atomic E-state index is 0.00101. The second kappa shape index (κ2) is 7.17. The lowest BCUT2D eigenvalue weighted by Gasteiger charge is -2.40. The summed E-state index contributed by atoms with van der Waals surface area (Å²) in [6.45, 7) is 4.60. The summed E-state index contributed by atoms with van der Waals surface area (Å²) >= 11 is 0. The average molecular weight is 342 g/mol. The zero-order valence-corrected chi connectivity index (χ0v) is 15.3. The molecule has 3 heteroatoms. The molecule has 0 amide bonds. The van der Waals surface area contributed by atoms with Crippen molar-refractivity contribution in [2.75, 3.05) is 7.11 Å². The van der Waals surface area contributed by atoms with E-state index in [0.717, 1.165) is 23.1 Å². The van der Waals surface area contributed by atoms with Crippen molar-refractivity contribution in [3.05, 3.63) is 53.3 Å². The fourth-order valence-electron chi connectivity index (χ4n) is 4.15. The Hall–Kier alpha value is -1.87. The topological polar surface area (TPSA) is 29.5 Å². The Morgan fingerprint density at radius 1 is 1.12 bits per heavy atom. The minimum atomic E-state index is -0.243. The van der Waals surface area contributed by atoms with Gasteiger partial charge in [-0.25, -0.2) is 4.39 Å². The second-order valence-electron chi connectivity index (χ2n) is 7.71. The van der Waals surface area contributed by atoms with Gasteiger partial charge in [-0.05, 0) is 59.1 Å². The van der Waals surface area contributed by atoms with Crippen LogP contribution in [0.2, 0.25) is 0 Å². The molecule has 0 aliphatic heterocycles. The second-order valence-corrected chi connectivity index (χ2v) is 7.71. The standard InChI is InChI=1S/C22H27FO2/c1-22(2)11-5-4-6-20(22)18-12-15(14-24)7-9-17(18)19-13-16(25-3)8-10-21(19)23/h7-10,12-13,20,24H,4-6,11,14H2,1-3H3. The SMILES string of the molecule is COc1ccc(F)c(-c2ccc(CO)cc2C2CCCCC2(C)C)c1. The first-order valence-corrected chi connectivity index (χ1v) is 9.04. The summed E-state index contributed by atoms with van der Waals surface area (Å²) < 4.78 is 19.9. The van der Waals surface area contributed by atoms with Gasteiger partial charge in [0.1, 0.15) is 11.6 Å². The molecular formula is C22H27FO2. The van der Waals surface area contributed by atoms with Crippen molar-refractivity contribution in [1.82, 2.24) is 0 Å². The molecule has 1 saturated carbocycles. The van der Waals surface area contributed by atoms with E-state index in [-0.39, 0.29) is 17.8 Å². The molecule has 2 aromatic rings. The molecule has 25 heavy (non-hydrogen) atoms. The van der Waals surface area contributed by atoms with Gasteiger partial charge < -0.3 is 9.84 Å². The predicted molar refractivity (Wildman–Crippen MR) is 99.3 cm³/mol. The van der Waals surface area contributed by atoms with Crippen molar-refractivity contribution >= 4 is 0 Å². The van der Waals surface area contributed by atoms with Gasteiger partial charge in [0.25, 0.3) is 0 Å². The van der Waals surface area contributed by atoms with E-state index in [2.05, 4.69) is 19.9 Å². The number of aliphatic hydroxyl groups is 1. The molecule has 0 heterocycles. The van der Waals surface area contributed by atoms with E-state index in [9.17, 15) is 9.50 Å². The van der Waals surface area contributed by atoms with E-state index in [1.54, 1.807) is 19.2 Å². The van der Waals surface area contributed by atoms with E-state index in [1.807, 2.05) is 12.1 Å². The molecule has 2 aromatic carbocycles. The molecule has 0 saturated heterocycles. The summed E-state index contributed by atoms with van der Waals surface area (Å²) in [6, 6.07) is 10.8. The number of rotatable bonds is 4. The zero-order valence-electron chi connectivity index (χ0n) is 15.3. The Labute approximate surface area is 149 Å². The van der Waals surface area contributed by atoms with Crippen LogP contribution in [0.4, 0.5) is 4.39 Å². The van der Waals surface area contributed by atoms with Gasteiger partial charge in [0.2, 0.25) is 0 Å². The van der Waals surface area contributed by atoms with Gasteiger partial charge in [-0.3, -0.25) is 0 Å². The Morgan fingerprint density at radius 3 is 2.60 bits per heavy atom. The fourth-order valence-corrected chi connectivity index (χ4v) is 4.15. The average Bonchev–Trinajstić information content (AvgIpc) is 2.61.